The number of rotatable bonds is 5. The lowest BCUT2D eigenvalue weighted by molar-refractivity contribution is -0.131. The molecule has 2 fully saturated rings. The zero-order chi connectivity index (χ0) is 22.7. The van der Waals surface area contributed by atoms with E-state index >= 15 is 0 Å². The van der Waals surface area contributed by atoms with E-state index in [0.29, 0.717) is 49.4 Å². The highest BCUT2D eigenvalue weighted by Gasteiger charge is 2.28. The molecule has 2 aliphatic rings. The molecule has 6 nitrogen and oxygen atoms in total. The van der Waals surface area contributed by atoms with Gasteiger partial charge in [0.25, 0.3) is 5.91 Å². The van der Waals surface area contributed by atoms with Gasteiger partial charge in [-0.1, -0.05) is 35.9 Å². The van der Waals surface area contributed by atoms with Gasteiger partial charge in [0, 0.05) is 50.4 Å². The van der Waals surface area contributed by atoms with Crippen LogP contribution in [0.2, 0.25) is 0 Å². The van der Waals surface area contributed by atoms with Gasteiger partial charge in [-0.3, -0.25) is 19.3 Å². The number of hydrogen-bond acceptors (Lipinski definition) is 4. The molecule has 0 spiro atoms. The third-order valence-electron chi connectivity index (χ3n) is 6.52. The average molecular weight is 434 g/mol. The van der Waals surface area contributed by atoms with E-state index in [1.54, 1.807) is 29.2 Å². The van der Waals surface area contributed by atoms with Crippen LogP contribution in [-0.4, -0.2) is 78.1 Å². The van der Waals surface area contributed by atoms with E-state index < -0.39 is 0 Å². The summed E-state index contributed by atoms with van der Waals surface area (Å²) in [4.78, 5) is 44.9. The fourth-order valence-electron chi connectivity index (χ4n) is 4.53. The second kappa shape index (κ2) is 9.65. The van der Waals surface area contributed by atoms with E-state index in [4.69, 9.17) is 0 Å². The predicted molar refractivity (Wildman–Crippen MR) is 124 cm³/mol. The highest BCUT2D eigenvalue weighted by Crippen LogP contribution is 2.21. The van der Waals surface area contributed by atoms with Crippen LogP contribution >= 0.6 is 0 Å². The lowest BCUT2D eigenvalue weighted by Crippen LogP contribution is -2.51. The molecule has 0 unspecified atom stereocenters. The normalized spacial score (nSPS) is 16.9. The van der Waals surface area contributed by atoms with Gasteiger partial charge in [-0.15, -0.1) is 0 Å². The molecule has 2 aromatic rings. The minimum atomic E-state index is -0.121. The number of amides is 2. The molecule has 168 valence electrons. The third-order valence-corrected chi connectivity index (χ3v) is 6.52. The summed E-state index contributed by atoms with van der Waals surface area (Å²) in [5.74, 6) is -0.0542. The van der Waals surface area contributed by atoms with Crippen LogP contribution in [0, 0.1) is 13.8 Å². The minimum Gasteiger partial charge on any atom is -0.342 e. The van der Waals surface area contributed by atoms with Gasteiger partial charge in [-0.25, -0.2) is 0 Å². The molecule has 4 rings (SSSR count). The first-order valence-electron chi connectivity index (χ1n) is 11.4. The second-order valence-corrected chi connectivity index (χ2v) is 8.85. The van der Waals surface area contributed by atoms with Crippen molar-refractivity contribution in [2.45, 2.75) is 26.7 Å². The van der Waals surface area contributed by atoms with Crippen LogP contribution in [0.25, 0.3) is 0 Å². The van der Waals surface area contributed by atoms with E-state index in [0.717, 1.165) is 37.1 Å². The van der Waals surface area contributed by atoms with Crippen LogP contribution in [-0.2, 0) is 4.79 Å². The molecular weight excluding hydrogens is 402 g/mol. The van der Waals surface area contributed by atoms with Crippen molar-refractivity contribution in [1.82, 2.24) is 14.7 Å². The van der Waals surface area contributed by atoms with Crippen molar-refractivity contribution < 1.29 is 14.4 Å². The molecule has 0 aliphatic carbocycles. The molecule has 0 radical (unpaired) electrons. The maximum absolute atomic E-state index is 13.3. The van der Waals surface area contributed by atoms with Crippen molar-refractivity contribution in [2.24, 2.45) is 0 Å². The van der Waals surface area contributed by atoms with Gasteiger partial charge in [-0.05, 0) is 44.4 Å². The van der Waals surface area contributed by atoms with E-state index in [2.05, 4.69) is 4.90 Å². The van der Waals surface area contributed by atoms with Gasteiger partial charge in [0.15, 0.2) is 5.78 Å². The molecule has 2 heterocycles. The number of piperazine rings is 1. The first kappa shape index (κ1) is 22.2. The maximum atomic E-state index is 13.3. The minimum absolute atomic E-state index is 0.120. The Kier molecular flexibility index (Phi) is 6.70. The Morgan fingerprint density at radius 3 is 2.09 bits per heavy atom. The Bertz CT molecular complexity index is 1020. The van der Waals surface area contributed by atoms with Crippen molar-refractivity contribution in [3.8, 4) is 0 Å². The lowest BCUT2D eigenvalue weighted by atomic mass is 9.94. The van der Waals surface area contributed by atoms with Gasteiger partial charge >= 0.3 is 0 Å². The molecule has 0 saturated carbocycles. The van der Waals surface area contributed by atoms with Crippen LogP contribution in [0.5, 0.6) is 0 Å². The van der Waals surface area contributed by atoms with Gasteiger partial charge in [0.1, 0.15) is 0 Å². The fraction of sp³-hybridized carbons (Fsp3) is 0.423. The second-order valence-electron chi connectivity index (χ2n) is 8.85. The molecule has 0 bridgehead atoms. The summed E-state index contributed by atoms with van der Waals surface area (Å²) in [7, 11) is 0. The SMILES string of the molecule is Cc1ccc(C)c(C(=O)c2ccccc2C(=O)N2CCN(CC(=O)N3CCCC3)CC2)c1. The molecular formula is C26H31N3O3. The summed E-state index contributed by atoms with van der Waals surface area (Å²) in [5.41, 5.74) is 3.44. The first-order chi connectivity index (χ1) is 15.4. The highest BCUT2D eigenvalue weighted by atomic mass is 16.2. The molecule has 2 saturated heterocycles. The standard InChI is InChI=1S/C26H31N3O3/c1-19-9-10-20(2)23(17-19)25(31)21-7-3-4-8-22(21)26(32)29-15-13-27(14-16-29)18-24(30)28-11-5-6-12-28/h3-4,7-10,17H,5-6,11-16,18H2,1-2H3. The van der Waals surface area contributed by atoms with Crippen molar-refractivity contribution in [1.29, 1.82) is 0 Å². The Hall–Kier alpha value is -2.99. The Morgan fingerprint density at radius 1 is 0.750 bits per heavy atom. The van der Waals surface area contributed by atoms with Gasteiger partial charge in [-0.2, -0.15) is 0 Å². The van der Waals surface area contributed by atoms with E-state index in [1.807, 2.05) is 36.9 Å². The van der Waals surface area contributed by atoms with Crippen LogP contribution in [0.3, 0.4) is 0 Å². The van der Waals surface area contributed by atoms with Crippen molar-refractivity contribution in [2.75, 3.05) is 45.8 Å². The number of nitrogens with zero attached hydrogens (tertiary/aromatic N) is 3. The molecule has 0 atom stereocenters. The summed E-state index contributed by atoms with van der Waals surface area (Å²) in [6.07, 6.45) is 2.18. The van der Waals surface area contributed by atoms with Crippen LogP contribution in [0.4, 0.5) is 0 Å². The van der Waals surface area contributed by atoms with Gasteiger partial charge in [0.05, 0.1) is 12.1 Å². The summed E-state index contributed by atoms with van der Waals surface area (Å²) in [6.45, 7) is 8.46. The number of aryl methyl sites for hydroxylation is 2. The third kappa shape index (κ3) is 4.75. The summed E-state index contributed by atoms with van der Waals surface area (Å²) in [5, 5.41) is 0. The molecule has 2 amide bonds. The molecule has 6 heteroatoms. The monoisotopic (exact) mass is 433 g/mol. The lowest BCUT2D eigenvalue weighted by Gasteiger charge is -2.35. The zero-order valence-electron chi connectivity index (χ0n) is 19.0. The van der Waals surface area contributed by atoms with Crippen LogP contribution < -0.4 is 0 Å². The number of benzene rings is 2. The maximum Gasteiger partial charge on any atom is 0.254 e. The smallest absolute Gasteiger partial charge is 0.254 e. The largest absolute Gasteiger partial charge is 0.342 e. The molecule has 2 aromatic carbocycles. The van der Waals surface area contributed by atoms with Crippen LogP contribution in [0.15, 0.2) is 42.5 Å². The highest BCUT2D eigenvalue weighted by molar-refractivity contribution is 6.16. The van der Waals surface area contributed by atoms with E-state index in [-0.39, 0.29) is 17.6 Å². The predicted octanol–water partition coefficient (Wildman–Crippen LogP) is 2.91. The number of likely N-dealkylation sites (tertiary alicyclic amines) is 1. The van der Waals surface area contributed by atoms with Crippen LogP contribution in [0.1, 0.15) is 50.2 Å². The average Bonchev–Trinajstić information content (AvgIpc) is 3.35. The number of hydrogen-bond donors (Lipinski definition) is 0. The fourth-order valence-corrected chi connectivity index (χ4v) is 4.53. The number of ketones is 1. The summed E-state index contributed by atoms with van der Waals surface area (Å²) in [6, 6.07) is 12.9. The molecule has 2 aliphatic heterocycles. The molecule has 0 N–H and O–H groups in total. The topological polar surface area (TPSA) is 60.9 Å². The van der Waals surface area contributed by atoms with E-state index in [9.17, 15) is 14.4 Å². The molecule has 0 aromatic heterocycles. The van der Waals surface area contributed by atoms with Crippen molar-refractivity contribution >= 4 is 17.6 Å². The molecule has 32 heavy (non-hydrogen) atoms. The number of carbonyl (C=O) groups is 3. The van der Waals surface area contributed by atoms with E-state index in [1.165, 1.54) is 0 Å². The zero-order valence-corrected chi connectivity index (χ0v) is 19.0. The van der Waals surface area contributed by atoms with Gasteiger partial charge in [0.2, 0.25) is 5.91 Å². The van der Waals surface area contributed by atoms with Crippen molar-refractivity contribution in [3.63, 3.8) is 0 Å². The Balaban J connectivity index is 1.44. The quantitative estimate of drug-likeness (QED) is 0.681. The Labute approximate surface area is 189 Å². The Morgan fingerprint density at radius 2 is 1.41 bits per heavy atom. The van der Waals surface area contributed by atoms with Crippen molar-refractivity contribution in [3.05, 3.63) is 70.3 Å². The van der Waals surface area contributed by atoms with Gasteiger partial charge < -0.3 is 9.80 Å². The number of carbonyl (C=O) groups excluding carboxylic acids is 3. The first-order valence-corrected chi connectivity index (χ1v) is 11.4. The summed E-state index contributed by atoms with van der Waals surface area (Å²) < 4.78 is 0. The summed E-state index contributed by atoms with van der Waals surface area (Å²) >= 11 is 0.